The second-order valence-electron chi connectivity index (χ2n) is 3.68. The summed E-state index contributed by atoms with van der Waals surface area (Å²) < 4.78 is 0. The maximum atomic E-state index is 8.81. The minimum Gasteiger partial charge on any atom is -0.380 e. The molecular formula is C12H11ClN4. The fourth-order valence-corrected chi connectivity index (χ4v) is 1.66. The number of hydrogen-bond acceptors (Lipinski definition) is 3. The van der Waals surface area contributed by atoms with Crippen molar-refractivity contribution in [2.24, 2.45) is 0 Å². The Labute approximate surface area is 104 Å². The van der Waals surface area contributed by atoms with Crippen molar-refractivity contribution in [3.63, 3.8) is 0 Å². The third kappa shape index (κ3) is 2.58. The molecular weight excluding hydrogens is 236 g/mol. The van der Waals surface area contributed by atoms with Crippen molar-refractivity contribution in [1.29, 1.82) is 5.26 Å². The van der Waals surface area contributed by atoms with Gasteiger partial charge in [0, 0.05) is 17.8 Å². The standard InChI is InChI=1S/C12H11ClN4/c1-8-10(7-16-17-8)6-15-12-4-9(5-14)2-3-11(12)13/h2-4,7,15H,6H2,1H3,(H,16,17). The van der Waals surface area contributed by atoms with E-state index in [1.807, 2.05) is 6.92 Å². The quantitative estimate of drug-likeness (QED) is 0.875. The van der Waals surface area contributed by atoms with Crippen LogP contribution in [0.2, 0.25) is 5.02 Å². The molecule has 0 radical (unpaired) electrons. The lowest BCUT2D eigenvalue weighted by Crippen LogP contribution is -2.00. The predicted octanol–water partition coefficient (Wildman–Crippen LogP) is 2.86. The van der Waals surface area contributed by atoms with Crippen molar-refractivity contribution >= 4 is 17.3 Å². The summed E-state index contributed by atoms with van der Waals surface area (Å²) in [7, 11) is 0. The first-order chi connectivity index (χ1) is 8.20. The molecule has 4 nitrogen and oxygen atoms in total. The first-order valence-corrected chi connectivity index (χ1v) is 5.51. The molecule has 2 aromatic rings. The van der Waals surface area contributed by atoms with Crippen LogP contribution in [0.5, 0.6) is 0 Å². The Hall–Kier alpha value is -1.99. The smallest absolute Gasteiger partial charge is 0.0992 e. The Kier molecular flexibility index (Phi) is 3.31. The van der Waals surface area contributed by atoms with Crippen LogP contribution < -0.4 is 5.32 Å². The topological polar surface area (TPSA) is 64.5 Å². The van der Waals surface area contributed by atoms with Crippen LogP contribution in [-0.2, 0) is 6.54 Å². The lowest BCUT2D eigenvalue weighted by Gasteiger charge is -2.08. The SMILES string of the molecule is Cc1[nH]ncc1CNc1cc(C#N)ccc1Cl. The van der Waals surface area contributed by atoms with Crippen molar-refractivity contribution in [3.05, 3.63) is 46.2 Å². The number of nitrogens with one attached hydrogen (secondary N) is 2. The molecule has 0 saturated heterocycles. The van der Waals surface area contributed by atoms with Gasteiger partial charge in [0.05, 0.1) is 28.5 Å². The number of nitriles is 1. The lowest BCUT2D eigenvalue weighted by atomic mass is 10.2. The van der Waals surface area contributed by atoms with E-state index < -0.39 is 0 Å². The van der Waals surface area contributed by atoms with Gasteiger partial charge < -0.3 is 5.32 Å². The number of benzene rings is 1. The first-order valence-electron chi connectivity index (χ1n) is 5.13. The van der Waals surface area contributed by atoms with Crippen molar-refractivity contribution < 1.29 is 0 Å². The third-order valence-electron chi connectivity index (χ3n) is 2.50. The van der Waals surface area contributed by atoms with Gasteiger partial charge in [0.15, 0.2) is 0 Å². The van der Waals surface area contributed by atoms with Crippen molar-refractivity contribution in [2.45, 2.75) is 13.5 Å². The van der Waals surface area contributed by atoms with Gasteiger partial charge in [-0.05, 0) is 25.1 Å². The van der Waals surface area contributed by atoms with Gasteiger partial charge in [0.2, 0.25) is 0 Å². The van der Waals surface area contributed by atoms with Crippen molar-refractivity contribution in [3.8, 4) is 6.07 Å². The molecule has 1 aromatic carbocycles. The zero-order chi connectivity index (χ0) is 12.3. The van der Waals surface area contributed by atoms with E-state index in [0.717, 1.165) is 16.9 Å². The summed E-state index contributed by atoms with van der Waals surface area (Å²) in [5.74, 6) is 0. The van der Waals surface area contributed by atoms with Crippen LogP contribution in [-0.4, -0.2) is 10.2 Å². The zero-order valence-electron chi connectivity index (χ0n) is 9.29. The molecule has 0 aliphatic rings. The minimum absolute atomic E-state index is 0.584. The molecule has 86 valence electrons. The molecule has 2 rings (SSSR count). The number of aryl methyl sites for hydroxylation is 1. The monoisotopic (exact) mass is 246 g/mol. The number of anilines is 1. The van der Waals surface area contributed by atoms with Gasteiger partial charge in [0.25, 0.3) is 0 Å². The van der Waals surface area contributed by atoms with Gasteiger partial charge in [0.1, 0.15) is 0 Å². The summed E-state index contributed by atoms with van der Waals surface area (Å²) in [6, 6.07) is 7.22. The molecule has 1 aromatic heterocycles. The van der Waals surface area contributed by atoms with E-state index in [1.165, 1.54) is 0 Å². The maximum absolute atomic E-state index is 8.81. The van der Waals surface area contributed by atoms with Gasteiger partial charge in [-0.15, -0.1) is 0 Å². The van der Waals surface area contributed by atoms with Crippen LogP contribution in [0, 0.1) is 18.3 Å². The normalized spacial score (nSPS) is 9.94. The molecule has 0 amide bonds. The molecule has 2 N–H and O–H groups in total. The zero-order valence-corrected chi connectivity index (χ0v) is 10.0. The van der Waals surface area contributed by atoms with Crippen LogP contribution in [0.15, 0.2) is 24.4 Å². The Morgan fingerprint density at radius 1 is 1.53 bits per heavy atom. The molecule has 0 atom stereocenters. The molecule has 1 heterocycles. The van der Waals surface area contributed by atoms with Gasteiger partial charge in [-0.3, -0.25) is 5.10 Å². The molecule has 5 heteroatoms. The molecule has 0 aliphatic heterocycles. The molecule has 0 aliphatic carbocycles. The second kappa shape index (κ2) is 4.89. The average molecular weight is 247 g/mol. The minimum atomic E-state index is 0.584. The fourth-order valence-electron chi connectivity index (χ4n) is 1.47. The van der Waals surface area contributed by atoms with E-state index in [9.17, 15) is 0 Å². The Morgan fingerprint density at radius 3 is 3.00 bits per heavy atom. The fraction of sp³-hybridized carbons (Fsp3) is 0.167. The highest BCUT2D eigenvalue weighted by atomic mass is 35.5. The summed E-state index contributed by atoms with van der Waals surface area (Å²) in [6.45, 7) is 2.58. The molecule has 0 bridgehead atoms. The maximum Gasteiger partial charge on any atom is 0.0992 e. The highest BCUT2D eigenvalue weighted by molar-refractivity contribution is 6.33. The van der Waals surface area contributed by atoms with Crippen molar-refractivity contribution in [1.82, 2.24) is 10.2 Å². The molecule has 0 spiro atoms. The van der Waals surface area contributed by atoms with E-state index in [4.69, 9.17) is 16.9 Å². The van der Waals surface area contributed by atoms with E-state index in [-0.39, 0.29) is 0 Å². The Bertz CT molecular complexity index is 568. The Morgan fingerprint density at radius 2 is 2.35 bits per heavy atom. The van der Waals surface area contributed by atoms with Gasteiger partial charge in [-0.2, -0.15) is 10.4 Å². The molecule has 0 saturated carbocycles. The van der Waals surface area contributed by atoms with Gasteiger partial charge in [-0.1, -0.05) is 11.6 Å². The number of halogens is 1. The molecule has 17 heavy (non-hydrogen) atoms. The molecule has 0 fully saturated rings. The molecule has 0 unspecified atom stereocenters. The first kappa shape index (κ1) is 11.5. The number of aromatic amines is 1. The lowest BCUT2D eigenvalue weighted by molar-refractivity contribution is 1.04. The van der Waals surface area contributed by atoms with Crippen molar-refractivity contribution in [2.75, 3.05) is 5.32 Å². The number of H-pyrrole nitrogens is 1. The van der Waals surface area contributed by atoms with Crippen LogP contribution in [0.4, 0.5) is 5.69 Å². The van der Waals surface area contributed by atoms with Crippen LogP contribution >= 0.6 is 11.6 Å². The van der Waals surface area contributed by atoms with Crippen LogP contribution in [0.25, 0.3) is 0 Å². The van der Waals surface area contributed by atoms with Crippen LogP contribution in [0.3, 0.4) is 0 Å². The largest absolute Gasteiger partial charge is 0.380 e. The van der Waals surface area contributed by atoms with E-state index in [2.05, 4.69) is 21.6 Å². The number of aromatic nitrogens is 2. The van der Waals surface area contributed by atoms with Crippen LogP contribution in [0.1, 0.15) is 16.8 Å². The van der Waals surface area contributed by atoms with E-state index >= 15 is 0 Å². The summed E-state index contributed by atoms with van der Waals surface area (Å²) in [6.07, 6.45) is 1.77. The highest BCUT2D eigenvalue weighted by Gasteiger charge is 2.04. The number of hydrogen-bond donors (Lipinski definition) is 2. The summed E-state index contributed by atoms with van der Waals surface area (Å²) >= 11 is 6.04. The third-order valence-corrected chi connectivity index (χ3v) is 2.83. The number of rotatable bonds is 3. The highest BCUT2D eigenvalue weighted by Crippen LogP contribution is 2.23. The summed E-state index contributed by atoms with van der Waals surface area (Å²) in [5.41, 5.74) is 3.43. The van der Waals surface area contributed by atoms with Gasteiger partial charge >= 0.3 is 0 Å². The second-order valence-corrected chi connectivity index (χ2v) is 4.09. The summed E-state index contributed by atoms with van der Waals surface area (Å²) in [4.78, 5) is 0. The van der Waals surface area contributed by atoms with E-state index in [0.29, 0.717) is 17.1 Å². The van der Waals surface area contributed by atoms with Gasteiger partial charge in [-0.25, -0.2) is 0 Å². The average Bonchev–Trinajstić information content (AvgIpc) is 2.74. The predicted molar refractivity (Wildman–Crippen MR) is 66.8 cm³/mol. The number of nitrogens with zero attached hydrogens (tertiary/aromatic N) is 2. The summed E-state index contributed by atoms with van der Waals surface area (Å²) in [5, 5.41) is 19.4. The Balaban J connectivity index is 2.14. The van der Waals surface area contributed by atoms with E-state index in [1.54, 1.807) is 24.4 Å².